The van der Waals surface area contributed by atoms with E-state index in [0.29, 0.717) is 6.54 Å². The van der Waals surface area contributed by atoms with Gasteiger partial charge in [-0.1, -0.05) is 6.42 Å². The summed E-state index contributed by atoms with van der Waals surface area (Å²) in [4.78, 5) is 11.6. The summed E-state index contributed by atoms with van der Waals surface area (Å²) in [7, 11) is 1.52. The number of hydrogen-bond donors (Lipinski definition) is 2. The highest BCUT2D eigenvalue weighted by Gasteiger charge is 2.30. The minimum Gasteiger partial charge on any atom is -0.393 e. The Hall–Kier alpha value is -0.610. The van der Waals surface area contributed by atoms with Gasteiger partial charge in [0.1, 0.15) is 5.60 Å². The molecule has 1 rings (SSSR count). The maximum absolute atomic E-state index is 11.6. The van der Waals surface area contributed by atoms with Crippen LogP contribution in [0, 0.1) is 5.92 Å². The molecule has 4 nitrogen and oxygen atoms in total. The summed E-state index contributed by atoms with van der Waals surface area (Å²) in [6, 6.07) is 0. The third-order valence-electron chi connectivity index (χ3n) is 3.20. The van der Waals surface area contributed by atoms with Crippen LogP contribution in [-0.2, 0) is 9.53 Å². The topological polar surface area (TPSA) is 58.6 Å². The summed E-state index contributed by atoms with van der Waals surface area (Å²) in [6.07, 6.45) is 2.65. The molecule has 1 aliphatic carbocycles. The molecule has 1 amide bonds. The molecule has 0 aromatic heterocycles. The zero-order valence-electron chi connectivity index (χ0n) is 9.75. The molecule has 2 atom stereocenters. The third kappa shape index (κ3) is 3.18. The second-order valence-corrected chi connectivity index (χ2v) is 4.68. The van der Waals surface area contributed by atoms with E-state index < -0.39 is 5.60 Å². The first kappa shape index (κ1) is 12.5. The number of amides is 1. The molecule has 1 saturated carbocycles. The Balaban J connectivity index is 2.34. The smallest absolute Gasteiger partial charge is 0.251 e. The predicted octanol–water partition coefficient (Wildman–Crippen LogP) is 0.689. The summed E-state index contributed by atoms with van der Waals surface area (Å²) in [6.45, 7) is 4.01. The average molecular weight is 215 g/mol. The molecule has 0 aliphatic heterocycles. The SMILES string of the molecule is COC(C)(C)C(=O)NCC1CCCC1O. The fraction of sp³-hybridized carbons (Fsp3) is 0.909. The first-order valence-electron chi connectivity index (χ1n) is 5.49. The minimum atomic E-state index is -0.788. The molecule has 2 N–H and O–H groups in total. The quantitative estimate of drug-likeness (QED) is 0.725. The third-order valence-corrected chi connectivity index (χ3v) is 3.20. The van der Waals surface area contributed by atoms with Crippen LogP contribution in [0.15, 0.2) is 0 Å². The van der Waals surface area contributed by atoms with Gasteiger partial charge in [0.15, 0.2) is 0 Å². The van der Waals surface area contributed by atoms with Gasteiger partial charge in [-0.25, -0.2) is 0 Å². The van der Waals surface area contributed by atoms with E-state index in [4.69, 9.17) is 4.74 Å². The molecule has 0 spiro atoms. The lowest BCUT2D eigenvalue weighted by molar-refractivity contribution is -0.139. The van der Waals surface area contributed by atoms with Gasteiger partial charge in [-0.05, 0) is 26.7 Å². The monoisotopic (exact) mass is 215 g/mol. The number of hydrogen-bond acceptors (Lipinski definition) is 3. The molecule has 0 radical (unpaired) electrons. The van der Waals surface area contributed by atoms with E-state index in [-0.39, 0.29) is 17.9 Å². The highest BCUT2D eigenvalue weighted by atomic mass is 16.5. The van der Waals surface area contributed by atoms with E-state index in [1.807, 2.05) is 0 Å². The van der Waals surface area contributed by atoms with Crippen molar-refractivity contribution >= 4 is 5.91 Å². The lowest BCUT2D eigenvalue weighted by Crippen LogP contribution is -2.45. The zero-order valence-corrected chi connectivity index (χ0v) is 9.75. The van der Waals surface area contributed by atoms with E-state index >= 15 is 0 Å². The molecule has 0 aromatic carbocycles. The van der Waals surface area contributed by atoms with Gasteiger partial charge in [-0.3, -0.25) is 4.79 Å². The Kier molecular flexibility index (Phi) is 4.11. The van der Waals surface area contributed by atoms with Gasteiger partial charge in [0.2, 0.25) is 0 Å². The molecule has 2 unspecified atom stereocenters. The molecule has 0 aromatic rings. The van der Waals surface area contributed by atoms with Crippen LogP contribution in [0.25, 0.3) is 0 Å². The zero-order chi connectivity index (χ0) is 11.5. The van der Waals surface area contributed by atoms with Gasteiger partial charge in [0, 0.05) is 19.6 Å². The number of carbonyl (C=O) groups excluding carboxylic acids is 1. The molecular formula is C11H21NO3. The van der Waals surface area contributed by atoms with Crippen molar-refractivity contribution in [2.75, 3.05) is 13.7 Å². The van der Waals surface area contributed by atoms with Crippen LogP contribution in [0.1, 0.15) is 33.1 Å². The van der Waals surface area contributed by atoms with Crippen LogP contribution in [-0.4, -0.2) is 36.4 Å². The van der Waals surface area contributed by atoms with E-state index in [1.165, 1.54) is 7.11 Å². The Morgan fingerprint density at radius 3 is 2.67 bits per heavy atom. The van der Waals surface area contributed by atoms with Gasteiger partial charge < -0.3 is 15.2 Å². The molecule has 0 heterocycles. The maximum atomic E-state index is 11.6. The first-order chi connectivity index (χ1) is 6.97. The summed E-state index contributed by atoms with van der Waals surface area (Å²) in [5.41, 5.74) is -0.788. The minimum absolute atomic E-state index is 0.121. The lowest BCUT2D eigenvalue weighted by atomic mass is 10.0. The second kappa shape index (κ2) is 4.94. The van der Waals surface area contributed by atoms with Crippen molar-refractivity contribution in [2.45, 2.75) is 44.8 Å². The Labute approximate surface area is 91.0 Å². The van der Waals surface area contributed by atoms with Crippen LogP contribution >= 0.6 is 0 Å². The van der Waals surface area contributed by atoms with Crippen molar-refractivity contribution in [3.05, 3.63) is 0 Å². The second-order valence-electron chi connectivity index (χ2n) is 4.68. The van der Waals surface area contributed by atoms with Gasteiger partial charge in [-0.15, -0.1) is 0 Å². The summed E-state index contributed by atoms with van der Waals surface area (Å²) >= 11 is 0. The molecule has 4 heteroatoms. The van der Waals surface area contributed by atoms with Crippen LogP contribution in [0.4, 0.5) is 0 Å². The van der Waals surface area contributed by atoms with Crippen LogP contribution in [0.3, 0.4) is 0 Å². The molecule has 15 heavy (non-hydrogen) atoms. The maximum Gasteiger partial charge on any atom is 0.251 e. The molecular weight excluding hydrogens is 194 g/mol. The van der Waals surface area contributed by atoms with Gasteiger partial charge in [0.05, 0.1) is 6.10 Å². The first-order valence-corrected chi connectivity index (χ1v) is 5.49. The molecule has 88 valence electrons. The van der Waals surface area contributed by atoms with E-state index in [0.717, 1.165) is 19.3 Å². The number of ether oxygens (including phenoxy) is 1. The summed E-state index contributed by atoms with van der Waals surface area (Å²) in [5.74, 6) is 0.0886. The van der Waals surface area contributed by atoms with Crippen LogP contribution in [0.2, 0.25) is 0 Å². The molecule has 0 bridgehead atoms. The summed E-state index contributed by atoms with van der Waals surface area (Å²) < 4.78 is 5.07. The number of aliphatic hydroxyl groups excluding tert-OH is 1. The van der Waals surface area contributed by atoms with Crippen molar-refractivity contribution in [3.8, 4) is 0 Å². The number of nitrogens with one attached hydrogen (secondary N) is 1. The highest BCUT2D eigenvalue weighted by molar-refractivity contribution is 5.84. The normalized spacial score (nSPS) is 26.7. The highest BCUT2D eigenvalue weighted by Crippen LogP contribution is 2.24. The predicted molar refractivity (Wildman–Crippen MR) is 57.4 cm³/mol. The number of methoxy groups -OCH3 is 1. The number of rotatable bonds is 4. The summed E-state index contributed by atoms with van der Waals surface area (Å²) in [5, 5.41) is 12.4. The van der Waals surface area contributed by atoms with Crippen molar-refractivity contribution < 1.29 is 14.6 Å². The van der Waals surface area contributed by atoms with Crippen molar-refractivity contribution in [1.29, 1.82) is 0 Å². The van der Waals surface area contributed by atoms with Gasteiger partial charge in [0.25, 0.3) is 5.91 Å². The van der Waals surface area contributed by atoms with Crippen LogP contribution < -0.4 is 5.32 Å². The van der Waals surface area contributed by atoms with Gasteiger partial charge in [-0.2, -0.15) is 0 Å². The van der Waals surface area contributed by atoms with E-state index in [2.05, 4.69) is 5.32 Å². The largest absolute Gasteiger partial charge is 0.393 e. The fourth-order valence-electron chi connectivity index (χ4n) is 1.78. The van der Waals surface area contributed by atoms with E-state index in [9.17, 15) is 9.90 Å². The Bertz CT molecular complexity index is 228. The average Bonchev–Trinajstić information content (AvgIpc) is 2.60. The Morgan fingerprint density at radius 2 is 2.20 bits per heavy atom. The molecule has 1 aliphatic rings. The molecule has 0 saturated heterocycles. The van der Waals surface area contributed by atoms with Crippen molar-refractivity contribution in [3.63, 3.8) is 0 Å². The molecule has 1 fully saturated rings. The lowest BCUT2D eigenvalue weighted by Gasteiger charge is -2.23. The fourth-order valence-corrected chi connectivity index (χ4v) is 1.78. The van der Waals surface area contributed by atoms with Crippen LogP contribution in [0.5, 0.6) is 0 Å². The van der Waals surface area contributed by atoms with Crippen molar-refractivity contribution in [2.24, 2.45) is 5.92 Å². The Morgan fingerprint density at radius 1 is 1.53 bits per heavy atom. The van der Waals surface area contributed by atoms with E-state index in [1.54, 1.807) is 13.8 Å². The number of carbonyl (C=O) groups is 1. The van der Waals surface area contributed by atoms with Crippen molar-refractivity contribution in [1.82, 2.24) is 5.32 Å². The standard InChI is InChI=1S/C11H21NO3/c1-11(2,15-3)10(14)12-7-8-5-4-6-9(8)13/h8-9,13H,4-7H2,1-3H3,(H,12,14). The van der Waals surface area contributed by atoms with Gasteiger partial charge >= 0.3 is 0 Å². The number of aliphatic hydroxyl groups is 1.